The van der Waals surface area contributed by atoms with Crippen LogP contribution in [0.2, 0.25) is 5.02 Å². The molecule has 0 radical (unpaired) electrons. The van der Waals surface area contributed by atoms with Gasteiger partial charge in [-0.25, -0.2) is 0 Å². The van der Waals surface area contributed by atoms with E-state index in [-0.39, 0.29) is 5.91 Å². The molecule has 0 aliphatic carbocycles. The van der Waals surface area contributed by atoms with Gasteiger partial charge < -0.3 is 19.2 Å². The molecule has 1 amide bonds. The molecule has 0 saturated heterocycles. The summed E-state index contributed by atoms with van der Waals surface area (Å²) in [4.78, 5) is 18.4. The number of halogens is 1. The number of benzene rings is 1. The molecule has 0 spiro atoms. The predicted molar refractivity (Wildman–Crippen MR) is 98.0 cm³/mol. The third-order valence-electron chi connectivity index (χ3n) is 3.90. The number of hydrogen-bond acceptors (Lipinski definition) is 6. The number of amides is 1. The molecule has 0 aliphatic heterocycles. The van der Waals surface area contributed by atoms with E-state index in [4.69, 9.17) is 20.5 Å². The number of furan rings is 1. The van der Waals surface area contributed by atoms with Crippen molar-refractivity contribution in [3.63, 3.8) is 0 Å². The van der Waals surface area contributed by atoms with Crippen LogP contribution in [0.1, 0.15) is 30.1 Å². The first-order valence-corrected chi connectivity index (χ1v) is 8.69. The second-order valence-electron chi connectivity index (χ2n) is 5.51. The largest absolute Gasteiger partial charge is 0.461 e. The van der Waals surface area contributed by atoms with E-state index >= 15 is 0 Å². The monoisotopic (exact) mass is 374 g/mol. The van der Waals surface area contributed by atoms with Crippen LogP contribution in [0.4, 0.5) is 5.69 Å². The van der Waals surface area contributed by atoms with E-state index in [1.165, 1.54) is 0 Å². The van der Waals surface area contributed by atoms with Gasteiger partial charge in [0.15, 0.2) is 5.76 Å². The van der Waals surface area contributed by atoms with Gasteiger partial charge in [-0.3, -0.25) is 4.79 Å². The molecule has 8 heteroatoms. The van der Waals surface area contributed by atoms with Crippen LogP contribution < -0.4 is 5.32 Å². The molecule has 0 saturated carbocycles. The predicted octanol–water partition coefficient (Wildman–Crippen LogP) is 4.08. The Bertz CT molecular complexity index is 872. The summed E-state index contributed by atoms with van der Waals surface area (Å²) in [7, 11) is 0. The molecule has 0 unspecified atom stereocenters. The summed E-state index contributed by atoms with van der Waals surface area (Å²) in [5.41, 5.74) is 1.24. The first kappa shape index (κ1) is 18.0. The van der Waals surface area contributed by atoms with Crippen LogP contribution in [-0.4, -0.2) is 34.0 Å². The fourth-order valence-corrected chi connectivity index (χ4v) is 2.75. The Kier molecular flexibility index (Phi) is 5.58. The topological polar surface area (TPSA) is 84.4 Å². The standard InChI is InChI=1S/C18H19ClN4O3/c1-3-23(4-2)18(24)13-8-7-12(10-14(13)19)20-11-16-21-17(22-26-16)15-6-5-9-25-15/h5-10,20H,3-4,11H2,1-2H3. The zero-order valence-corrected chi connectivity index (χ0v) is 15.3. The zero-order chi connectivity index (χ0) is 18.5. The summed E-state index contributed by atoms with van der Waals surface area (Å²) >= 11 is 6.28. The summed E-state index contributed by atoms with van der Waals surface area (Å²) in [5, 5.41) is 7.41. The average molecular weight is 375 g/mol. The smallest absolute Gasteiger partial charge is 0.255 e. The van der Waals surface area contributed by atoms with E-state index in [1.807, 2.05) is 13.8 Å². The second kappa shape index (κ2) is 8.05. The minimum atomic E-state index is -0.0773. The van der Waals surface area contributed by atoms with E-state index in [2.05, 4.69) is 15.5 Å². The fraction of sp³-hybridized carbons (Fsp3) is 0.278. The van der Waals surface area contributed by atoms with Gasteiger partial charge in [-0.1, -0.05) is 16.8 Å². The van der Waals surface area contributed by atoms with Crippen molar-refractivity contribution in [1.29, 1.82) is 0 Å². The lowest BCUT2D eigenvalue weighted by Gasteiger charge is -2.19. The molecular weight excluding hydrogens is 356 g/mol. The Morgan fingerprint density at radius 1 is 1.27 bits per heavy atom. The van der Waals surface area contributed by atoms with Gasteiger partial charge >= 0.3 is 0 Å². The highest BCUT2D eigenvalue weighted by atomic mass is 35.5. The van der Waals surface area contributed by atoms with Crippen LogP contribution in [-0.2, 0) is 6.54 Å². The Morgan fingerprint density at radius 3 is 2.73 bits per heavy atom. The Morgan fingerprint density at radius 2 is 2.08 bits per heavy atom. The number of nitrogens with zero attached hydrogens (tertiary/aromatic N) is 3. The highest BCUT2D eigenvalue weighted by Gasteiger charge is 2.16. The average Bonchev–Trinajstić information content (AvgIpc) is 3.32. The number of nitrogens with one attached hydrogen (secondary N) is 1. The van der Waals surface area contributed by atoms with Crippen LogP contribution >= 0.6 is 11.6 Å². The fourth-order valence-electron chi connectivity index (χ4n) is 2.49. The van der Waals surface area contributed by atoms with E-state index in [0.717, 1.165) is 5.69 Å². The minimum Gasteiger partial charge on any atom is -0.461 e. The second-order valence-corrected chi connectivity index (χ2v) is 5.92. The molecular formula is C18H19ClN4O3. The van der Waals surface area contributed by atoms with E-state index in [0.29, 0.717) is 47.7 Å². The molecule has 0 bridgehead atoms. The molecule has 1 aromatic carbocycles. The summed E-state index contributed by atoms with van der Waals surface area (Å²) in [6.07, 6.45) is 1.55. The maximum Gasteiger partial charge on any atom is 0.255 e. The summed E-state index contributed by atoms with van der Waals surface area (Å²) < 4.78 is 10.4. The third kappa shape index (κ3) is 3.88. The zero-order valence-electron chi connectivity index (χ0n) is 14.5. The normalized spacial score (nSPS) is 10.7. The van der Waals surface area contributed by atoms with Crippen LogP contribution in [0.5, 0.6) is 0 Å². The molecule has 0 fully saturated rings. The molecule has 2 heterocycles. The molecule has 26 heavy (non-hydrogen) atoms. The number of carbonyl (C=O) groups is 1. The number of aromatic nitrogens is 2. The van der Waals surface area contributed by atoms with Gasteiger partial charge in [0.05, 0.1) is 23.4 Å². The first-order chi connectivity index (χ1) is 12.6. The molecule has 0 aliphatic rings. The highest BCUT2D eigenvalue weighted by Crippen LogP contribution is 2.23. The number of carbonyl (C=O) groups excluding carboxylic acids is 1. The highest BCUT2D eigenvalue weighted by molar-refractivity contribution is 6.34. The molecule has 0 atom stereocenters. The Hall–Kier alpha value is -2.80. The van der Waals surface area contributed by atoms with Crippen LogP contribution in [0.3, 0.4) is 0 Å². The molecule has 2 aromatic heterocycles. The van der Waals surface area contributed by atoms with E-state index in [9.17, 15) is 4.79 Å². The van der Waals surface area contributed by atoms with Crippen molar-refractivity contribution >= 4 is 23.2 Å². The van der Waals surface area contributed by atoms with Gasteiger partial charge in [0.2, 0.25) is 11.7 Å². The number of hydrogen-bond donors (Lipinski definition) is 1. The third-order valence-corrected chi connectivity index (χ3v) is 4.22. The lowest BCUT2D eigenvalue weighted by atomic mass is 10.1. The quantitative estimate of drug-likeness (QED) is 0.670. The van der Waals surface area contributed by atoms with Crippen LogP contribution in [0, 0.1) is 0 Å². The number of rotatable bonds is 7. The van der Waals surface area contributed by atoms with Gasteiger partial charge in [-0.05, 0) is 44.2 Å². The van der Waals surface area contributed by atoms with Crippen molar-refractivity contribution in [2.24, 2.45) is 0 Å². The van der Waals surface area contributed by atoms with Crippen molar-refractivity contribution in [3.8, 4) is 11.6 Å². The summed E-state index contributed by atoms with van der Waals surface area (Å²) in [5.74, 6) is 1.27. The molecule has 7 nitrogen and oxygen atoms in total. The maximum atomic E-state index is 12.4. The SMILES string of the molecule is CCN(CC)C(=O)c1ccc(NCc2nc(-c3ccco3)no2)cc1Cl. The van der Waals surface area contributed by atoms with Crippen LogP contribution in [0.25, 0.3) is 11.6 Å². The van der Waals surface area contributed by atoms with Crippen molar-refractivity contribution in [1.82, 2.24) is 15.0 Å². The molecule has 3 aromatic rings. The van der Waals surface area contributed by atoms with Crippen molar-refractivity contribution in [2.45, 2.75) is 20.4 Å². The van der Waals surface area contributed by atoms with Gasteiger partial charge in [0.1, 0.15) is 0 Å². The maximum absolute atomic E-state index is 12.4. The summed E-state index contributed by atoms with van der Waals surface area (Å²) in [6, 6.07) is 8.74. The minimum absolute atomic E-state index is 0.0773. The lowest BCUT2D eigenvalue weighted by Crippen LogP contribution is -2.30. The summed E-state index contributed by atoms with van der Waals surface area (Å²) in [6.45, 7) is 5.48. The van der Waals surface area contributed by atoms with E-state index < -0.39 is 0 Å². The Labute approximate surface area is 155 Å². The Balaban J connectivity index is 1.66. The first-order valence-electron chi connectivity index (χ1n) is 8.31. The molecule has 3 rings (SSSR count). The van der Waals surface area contributed by atoms with Crippen LogP contribution in [0.15, 0.2) is 45.5 Å². The van der Waals surface area contributed by atoms with Gasteiger partial charge in [0.25, 0.3) is 5.91 Å². The lowest BCUT2D eigenvalue weighted by molar-refractivity contribution is 0.0773. The van der Waals surface area contributed by atoms with Gasteiger partial charge in [-0.15, -0.1) is 0 Å². The van der Waals surface area contributed by atoms with Crippen molar-refractivity contribution in [3.05, 3.63) is 53.1 Å². The van der Waals surface area contributed by atoms with E-state index in [1.54, 1.807) is 41.5 Å². The molecule has 136 valence electrons. The van der Waals surface area contributed by atoms with Gasteiger partial charge in [-0.2, -0.15) is 4.98 Å². The van der Waals surface area contributed by atoms with Crippen molar-refractivity contribution < 1.29 is 13.7 Å². The number of anilines is 1. The molecule has 1 N–H and O–H groups in total. The van der Waals surface area contributed by atoms with Crippen molar-refractivity contribution in [2.75, 3.05) is 18.4 Å². The van der Waals surface area contributed by atoms with Gasteiger partial charge in [0, 0.05) is 18.8 Å².